The Morgan fingerprint density at radius 2 is 2.12 bits per heavy atom. The van der Waals surface area contributed by atoms with Crippen LogP contribution in [0, 0.1) is 3.57 Å². The lowest BCUT2D eigenvalue weighted by Crippen LogP contribution is -2.28. The molecular weight excluding hydrogens is 333 g/mol. The number of hydrogen-bond donors (Lipinski definition) is 2. The predicted octanol–water partition coefficient (Wildman–Crippen LogP) is 1.42. The average Bonchev–Trinajstić information content (AvgIpc) is 2.30. The molecule has 1 atom stereocenters. The number of carbonyl (C=O) groups is 1. The van der Waals surface area contributed by atoms with E-state index in [4.69, 9.17) is 4.74 Å². The van der Waals surface area contributed by atoms with Gasteiger partial charge in [-0.2, -0.15) is 0 Å². The van der Waals surface area contributed by atoms with Gasteiger partial charge in [0.15, 0.2) is 0 Å². The third-order valence-corrected chi connectivity index (χ3v) is 2.95. The van der Waals surface area contributed by atoms with E-state index in [2.05, 4.69) is 27.9 Å². The maximum absolute atomic E-state index is 11.7. The van der Waals surface area contributed by atoms with Crippen molar-refractivity contribution in [3.05, 3.63) is 33.4 Å². The molecule has 5 heteroatoms. The summed E-state index contributed by atoms with van der Waals surface area (Å²) in [7, 11) is 1.54. The van der Waals surface area contributed by atoms with Crippen molar-refractivity contribution in [1.29, 1.82) is 0 Å². The van der Waals surface area contributed by atoms with Crippen LogP contribution in [0.3, 0.4) is 0 Å². The normalized spacial score (nSPS) is 12.2. The largest absolute Gasteiger partial charge is 0.391 e. The van der Waals surface area contributed by atoms with Crippen molar-refractivity contribution in [2.75, 3.05) is 20.3 Å². The molecule has 0 aliphatic carbocycles. The number of halogens is 1. The highest BCUT2D eigenvalue weighted by molar-refractivity contribution is 14.1. The SMILES string of the molecule is COCC(O)CCNC(=O)c1ccc(I)cc1. The Morgan fingerprint density at radius 1 is 1.47 bits per heavy atom. The van der Waals surface area contributed by atoms with Crippen molar-refractivity contribution >= 4 is 28.5 Å². The summed E-state index contributed by atoms with van der Waals surface area (Å²) in [5, 5.41) is 12.1. The molecule has 0 aliphatic heterocycles. The summed E-state index contributed by atoms with van der Waals surface area (Å²) in [6.45, 7) is 0.731. The molecule has 0 bridgehead atoms. The number of aliphatic hydroxyl groups is 1. The fourth-order valence-electron chi connectivity index (χ4n) is 1.33. The third-order valence-electron chi connectivity index (χ3n) is 2.23. The summed E-state index contributed by atoms with van der Waals surface area (Å²) in [5.74, 6) is -0.119. The van der Waals surface area contributed by atoms with Crippen molar-refractivity contribution in [3.63, 3.8) is 0 Å². The number of amides is 1. The van der Waals surface area contributed by atoms with E-state index in [-0.39, 0.29) is 5.91 Å². The van der Waals surface area contributed by atoms with Crippen LogP contribution >= 0.6 is 22.6 Å². The Morgan fingerprint density at radius 3 is 2.71 bits per heavy atom. The van der Waals surface area contributed by atoms with Crippen LogP contribution < -0.4 is 5.32 Å². The first kappa shape index (κ1) is 14.4. The first-order valence-electron chi connectivity index (χ1n) is 5.34. The van der Waals surface area contributed by atoms with Crippen LogP contribution in [0.2, 0.25) is 0 Å². The molecule has 1 aromatic carbocycles. The molecular formula is C12H16INO3. The van der Waals surface area contributed by atoms with E-state index in [1.54, 1.807) is 12.1 Å². The molecule has 0 fully saturated rings. The topological polar surface area (TPSA) is 58.6 Å². The van der Waals surface area contributed by atoms with Crippen LogP contribution in [0.15, 0.2) is 24.3 Å². The van der Waals surface area contributed by atoms with Crippen molar-refractivity contribution in [1.82, 2.24) is 5.32 Å². The van der Waals surface area contributed by atoms with Gasteiger partial charge >= 0.3 is 0 Å². The van der Waals surface area contributed by atoms with Crippen molar-refractivity contribution in [3.8, 4) is 0 Å². The third kappa shape index (κ3) is 5.47. The molecule has 17 heavy (non-hydrogen) atoms. The van der Waals surface area contributed by atoms with Crippen molar-refractivity contribution < 1.29 is 14.6 Å². The molecule has 0 heterocycles. The van der Waals surface area contributed by atoms with Gasteiger partial charge in [0.05, 0.1) is 12.7 Å². The minimum Gasteiger partial charge on any atom is -0.391 e. The minimum atomic E-state index is -0.531. The molecule has 1 unspecified atom stereocenters. The maximum Gasteiger partial charge on any atom is 0.251 e. The lowest BCUT2D eigenvalue weighted by Gasteiger charge is -2.10. The highest BCUT2D eigenvalue weighted by Gasteiger charge is 2.07. The first-order chi connectivity index (χ1) is 8.13. The standard InChI is InChI=1S/C12H16INO3/c1-17-8-11(15)6-7-14-12(16)9-2-4-10(13)5-3-9/h2-5,11,15H,6-8H2,1H3,(H,14,16). The molecule has 0 spiro atoms. The summed E-state index contributed by atoms with van der Waals surface area (Å²) in [4.78, 5) is 11.7. The minimum absolute atomic E-state index is 0.119. The predicted molar refractivity (Wildman–Crippen MR) is 74.0 cm³/mol. The summed E-state index contributed by atoms with van der Waals surface area (Å²) in [6, 6.07) is 7.33. The quantitative estimate of drug-likeness (QED) is 0.764. The Hall–Kier alpha value is -0.660. The smallest absolute Gasteiger partial charge is 0.251 e. The number of benzene rings is 1. The molecule has 0 radical (unpaired) electrons. The van der Waals surface area contributed by atoms with E-state index >= 15 is 0 Å². The molecule has 1 rings (SSSR count). The van der Waals surface area contributed by atoms with Gasteiger partial charge in [-0.1, -0.05) is 0 Å². The van der Waals surface area contributed by atoms with E-state index in [0.29, 0.717) is 25.1 Å². The van der Waals surface area contributed by atoms with Crippen LogP contribution in [0.4, 0.5) is 0 Å². The lowest BCUT2D eigenvalue weighted by atomic mass is 10.2. The molecule has 94 valence electrons. The molecule has 4 nitrogen and oxygen atoms in total. The number of methoxy groups -OCH3 is 1. The monoisotopic (exact) mass is 349 g/mol. The highest BCUT2D eigenvalue weighted by atomic mass is 127. The van der Waals surface area contributed by atoms with E-state index in [0.717, 1.165) is 3.57 Å². The van der Waals surface area contributed by atoms with Gasteiger partial charge in [-0.05, 0) is 53.3 Å². The van der Waals surface area contributed by atoms with E-state index in [1.165, 1.54) is 7.11 Å². The molecule has 2 N–H and O–H groups in total. The summed E-state index contributed by atoms with van der Waals surface area (Å²) in [5.41, 5.74) is 0.631. The lowest BCUT2D eigenvalue weighted by molar-refractivity contribution is 0.0587. The van der Waals surface area contributed by atoms with E-state index in [9.17, 15) is 9.90 Å². The summed E-state index contributed by atoms with van der Waals surface area (Å²) >= 11 is 2.19. The average molecular weight is 349 g/mol. The number of hydrogen-bond acceptors (Lipinski definition) is 3. The second-order valence-electron chi connectivity index (χ2n) is 3.66. The molecule has 1 amide bonds. The van der Waals surface area contributed by atoms with Gasteiger partial charge in [0.25, 0.3) is 5.91 Å². The second kappa shape index (κ2) is 7.62. The van der Waals surface area contributed by atoms with Crippen LogP contribution in [0.5, 0.6) is 0 Å². The van der Waals surface area contributed by atoms with Gasteiger partial charge in [-0.3, -0.25) is 4.79 Å². The number of rotatable bonds is 6. The first-order valence-corrected chi connectivity index (χ1v) is 6.42. The number of aliphatic hydroxyl groups excluding tert-OH is 1. The fraction of sp³-hybridized carbons (Fsp3) is 0.417. The number of ether oxygens (including phenoxy) is 1. The second-order valence-corrected chi connectivity index (χ2v) is 4.91. The molecule has 0 saturated carbocycles. The molecule has 0 aliphatic rings. The molecule has 1 aromatic rings. The van der Waals surface area contributed by atoms with Gasteiger partial charge in [-0.25, -0.2) is 0 Å². The van der Waals surface area contributed by atoms with Crippen LogP contribution in [0.25, 0.3) is 0 Å². The Bertz CT molecular complexity index is 353. The van der Waals surface area contributed by atoms with Crippen molar-refractivity contribution in [2.24, 2.45) is 0 Å². The van der Waals surface area contributed by atoms with E-state index < -0.39 is 6.10 Å². The zero-order chi connectivity index (χ0) is 12.7. The van der Waals surface area contributed by atoms with Gasteiger partial charge in [0, 0.05) is 22.8 Å². The highest BCUT2D eigenvalue weighted by Crippen LogP contribution is 2.06. The fourth-order valence-corrected chi connectivity index (χ4v) is 1.69. The van der Waals surface area contributed by atoms with Crippen LogP contribution in [-0.2, 0) is 4.74 Å². The Labute approximate surface area is 115 Å². The number of nitrogens with one attached hydrogen (secondary N) is 1. The number of carbonyl (C=O) groups excluding carboxylic acids is 1. The maximum atomic E-state index is 11.7. The Kier molecular flexibility index (Phi) is 6.46. The van der Waals surface area contributed by atoms with Crippen LogP contribution in [0.1, 0.15) is 16.8 Å². The van der Waals surface area contributed by atoms with Crippen LogP contribution in [-0.4, -0.2) is 37.4 Å². The van der Waals surface area contributed by atoms with Gasteiger partial charge in [-0.15, -0.1) is 0 Å². The molecule has 0 aromatic heterocycles. The van der Waals surface area contributed by atoms with E-state index in [1.807, 2.05) is 12.1 Å². The Balaban J connectivity index is 2.32. The van der Waals surface area contributed by atoms with Crippen molar-refractivity contribution in [2.45, 2.75) is 12.5 Å². The summed E-state index contributed by atoms with van der Waals surface area (Å²) < 4.78 is 5.89. The molecule has 0 saturated heterocycles. The van der Waals surface area contributed by atoms with Gasteiger partial charge < -0.3 is 15.2 Å². The summed E-state index contributed by atoms with van der Waals surface area (Å²) in [6.07, 6.45) is -0.0405. The zero-order valence-corrected chi connectivity index (χ0v) is 11.8. The van der Waals surface area contributed by atoms with Gasteiger partial charge in [0.2, 0.25) is 0 Å². The van der Waals surface area contributed by atoms with Gasteiger partial charge in [0.1, 0.15) is 0 Å². The zero-order valence-electron chi connectivity index (χ0n) is 9.65.